The Morgan fingerprint density at radius 3 is 2.48 bits per heavy atom. The summed E-state index contributed by atoms with van der Waals surface area (Å²) in [5.41, 5.74) is 0.545. The zero-order valence-electron chi connectivity index (χ0n) is 15.2. The monoisotopic (exact) mass is 391 g/mol. The fourth-order valence-corrected chi connectivity index (χ4v) is 2.39. The number of ether oxygens (including phenoxy) is 3. The van der Waals surface area contributed by atoms with Crippen LogP contribution in [-0.4, -0.2) is 31.7 Å². The van der Waals surface area contributed by atoms with E-state index >= 15 is 0 Å². The van der Waals surface area contributed by atoms with Gasteiger partial charge < -0.3 is 19.5 Å². The lowest BCUT2D eigenvalue weighted by Gasteiger charge is -2.14. The zero-order chi connectivity index (χ0) is 19.6. The van der Waals surface area contributed by atoms with E-state index in [9.17, 15) is 9.59 Å². The average molecular weight is 392 g/mol. The summed E-state index contributed by atoms with van der Waals surface area (Å²) >= 11 is 5.87. The van der Waals surface area contributed by atoms with Crippen molar-refractivity contribution >= 4 is 29.2 Å². The fraction of sp³-hybridized carbons (Fsp3) is 0.300. The summed E-state index contributed by atoms with van der Waals surface area (Å²) < 4.78 is 15.8. The third-order valence-electron chi connectivity index (χ3n) is 3.62. The van der Waals surface area contributed by atoms with Crippen LogP contribution in [0.4, 0.5) is 5.69 Å². The lowest BCUT2D eigenvalue weighted by atomic mass is 10.3. The zero-order valence-corrected chi connectivity index (χ0v) is 16.0. The molecule has 2 aromatic carbocycles. The molecule has 0 aliphatic rings. The Balaban J connectivity index is 1.67. The standard InChI is InChI=1S/C20H22ClNO5/c1-14(20(24)22-16-6-3-5-15(21)13-16)27-19(23)7-4-12-26-18-10-8-17(25-2)9-11-18/h3,5-6,8-11,13-14H,4,7,12H2,1-2H3,(H,22,24)/t14-/m1/s1. The van der Waals surface area contributed by atoms with Crippen molar-refractivity contribution < 1.29 is 23.8 Å². The van der Waals surface area contributed by atoms with Gasteiger partial charge in [-0.3, -0.25) is 9.59 Å². The van der Waals surface area contributed by atoms with Crippen LogP contribution in [-0.2, 0) is 14.3 Å². The lowest BCUT2D eigenvalue weighted by Crippen LogP contribution is -2.30. The molecule has 2 rings (SSSR count). The van der Waals surface area contributed by atoms with E-state index in [0.717, 1.165) is 5.75 Å². The second kappa shape index (κ2) is 10.4. The van der Waals surface area contributed by atoms with Gasteiger partial charge in [0.1, 0.15) is 11.5 Å². The Morgan fingerprint density at radius 1 is 1.11 bits per heavy atom. The topological polar surface area (TPSA) is 73.9 Å². The van der Waals surface area contributed by atoms with Crippen molar-refractivity contribution in [2.75, 3.05) is 19.0 Å². The molecule has 0 spiro atoms. The number of carbonyl (C=O) groups is 2. The van der Waals surface area contributed by atoms with E-state index in [1.807, 2.05) is 0 Å². The molecule has 0 saturated heterocycles. The minimum atomic E-state index is -0.904. The van der Waals surface area contributed by atoms with Crippen LogP contribution in [0.3, 0.4) is 0 Å². The number of benzene rings is 2. The number of rotatable bonds is 9. The molecule has 6 nitrogen and oxygen atoms in total. The maximum Gasteiger partial charge on any atom is 0.306 e. The van der Waals surface area contributed by atoms with Gasteiger partial charge in [0.25, 0.3) is 5.91 Å². The van der Waals surface area contributed by atoms with E-state index in [1.54, 1.807) is 55.6 Å². The summed E-state index contributed by atoms with van der Waals surface area (Å²) in [5, 5.41) is 3.16. The van der Waals surface area contributed by atoms with Gasteiger partial charge in [-0.25, -0.2) is 0 Å². The summed E-state index contributed by atoms with van der Waals surface area (Å²) in [4.78, 5) is 23.9. The number of halogens is 1. The number of carbonyl (C=O) groups excluding carboxylic acids is 2. The number of anilines is 1. The highest BCUT2D eigenvalue weighted by atomic mass is 35.5. The van der Waals surface area contributed by atoms with Crippen molar-refractivity contribution in [1.82, 2.24) is 0 Å². The van der Waals surface area contributed by atoms with Gasteiger partial charge in [-0.2, -0.15) is 0 Å². The van der Waals surface area contributed by atoms with Gasteiger partial charge >= 0.3 is 5.97 Å². The molecular weight excluding hydrogens is 370 g/mol. The van der Waals surface area contributed by atoms with Crippen molar-refractivity contribution in [2.45, 2.75) is 25.9 Å². The van der Waals surface area contributed by atoms with Crippen molar-refractivity contribution in [2.24, 2.45) is 0 Å². The smallest absolute Gasteiger partial charge is 0.306 e. The maximum atomic E-state index is 12.1. The van der Waals surface area contributed by atoms with E-state index in [0.29, 0.717) is 29.5 Å². The SMILES string of the molecule is COc1ccc(OCCCC(=O)O[C@H](C)C(=O)Nc2cccc(Cl)c2)cc1. The first-order valence-corrected chi connectivity index (χ1v) is 8.88. The molecule has 2 aromatic rings. The van der Waals surface area contributed by atoms with Crippen LogP contribution in [0.2, 0.25) is 5.02 Å². The van der Waals surface area contributed by atoms with Crippen LogP contribution in [0, 0.1) is 0 Å². The third-order valence-corrected chi connectivity index (χ3v) is 3.86. The summed E-state index contributed by atoms with van der Waals surface area (Å²) in [6, 6.07) is 13.9. The molecule has 0 heterocycles. The molecule has 0 aromatic heterocycles. The fourth-order valence-electron chi connectivity index (χ4n) is 2.20. The van der Waals surface area contributed by atoms with Gasteiger partial charge in [0.05, 0.1) is 13.7 Å². The molecule has 0 bridgehead atoms. The molecule has 0 aliphatic heterocycles. The largest absolute Gasteiger partial charge is 0.497 e. The second-order valence-corrected chi connectivity index (χ2v) is 6.20. The molecule has 27 heavy (non-hydrogen) atoms. The van der Waals surface area contributed by atoms with Crippen molar-refractivity contribution in [3.8, 4) is 11.5 Å². The second-order valence-electron chi connectivity index (χ2n) is 5.76. The van der Waals surface area contributed by atoms with Gasteiger partial charge in [0.15, 0.2) is 6.10 Å². The molecule has 0 radical (unpaired) electrons. The minimum absolute atomic E-state index is 0.158. The summed E-state index contributed by atoms with van der Waals surface area (Å²) in [7, 11) is 1.59. The van der Waals surface area contributed by atoms with Gasteiger partial charge in [0, 0.05) is 17.1 Å². The molecule has 1 atom stereocenters. The highest BCUT2D eigenvalue weighted by Gasteiger charge is 2.17. The van der Waals surface area contributed by atoms with Crippen molar-refractivity contribution in [1.29, 1.82) is 0 Å². The maximum absolute atomic E-state index is 12.1. The molecule has 0 unspecified atom stereocenters. The number of methoxy groups -OCH3 is 1. The van der Waals surface area contributed by atoms with Gasteiger partial charge in [-0.05, 0) is 55.8 Å². The quantitative estimate of drug-likeness (QED) is 0.515. The Hall–Kier alpha value is -2.73. The van der Waals surface area contributed by atoms with Crippen LogP contribution in [0.15, 0.2) is 48.5 Å². The molecule has 7 heteroatoms. The molecule has 144 valence electrons. The predicted octanol–water partition coefficient (Wildman–Crippen LogP) is 4.08. The van der Waals surface area contributed by atoms with Crippen molar-refractivity contribution in [3.05, 3.63) is 53.6 Å². The van der Waals surface area contributed by atoms with E-state index in [1.165, 1.54) is 6.92 Å². The molecule has 0 aliphatic carbocycles. The van der Waals surface area contributed by atoms with Crippen LogP contribution in [0.5, 0.6) is 11.5 Å². The first-order chi connectivity index (χ1) is 13.0. The number of esters is 1. The number of nitrogens with one attached hydrogen (secondary N) is 1. The van der Waals surface area contributed by atoms with Gasteiger partial charge in [-0.1, -0.05) is 17.7 Å². The first-order valence-electron chi connectivity index (χ1n) is 8.50. The lowest BCUT2D eigenvalue weighted by molar-refractivity contribution is -0.153. The van der Waals surface area contributed by atoms with E-state index < -0.39 is 18.0 Å². The molecule has 1 N–H and O–H groups in total. The predicted molar refractivity (Wildman–Crippen MR) is 103 cm³/mol. The van der Waals surface area contributed by atoms with Crippen LogP contribution in [0.1, 0.15) is 19.8 Å². The van der Waals surface area contributed by atoms with E-state index in [-0.39, 0.29) is 6.42 Å². The number of hydrogen-bond donors (Lipinski definition) is 1. The molecule has 1 amide bonds. The Morgan fingerprint density at radius 2 is 1.81 bits per heavy atom. The van der Waals surface area contributed by atoms with Gasteiger partial charge in [-0.15, -0.1) is 0 Å². The van der Waals surface area contributed by atoms with Crippen molar-refractivity contribution in [3.63, 3.8) is 0 Å². The Labute approximate surface area is 163 Å². The molecule has 0 fully saturated rings. The Bertz CT molecular complexity index is 763. The highest BCUT2D eigenvalue weighted by Crippen LogP contribution is 2.17. The molecular formula is C20H22ClNO5. The average Bonchev–Trinajstić information content (AvgIpc) is 2.65. The molecule has 0 saturated carbocycles. The minimum Gasteiger partial charge on any atom is -0.497 e. The summed E-state index contributed by atoms with van der Waals surface area (Å²) in [5.74, 6) is 0.566. The van der Waals surface area contributed by atoms with Crippen LogP contribution in [0.25, 0.3) is 0 Å². The Kier molecular flexibility index (Phi) is 7.95. The van der Waals surface area contributed by atoms with E-state index in [4.69, 9.17) is 25.8 Å². The van der Waals surface area contributed by atoms with Crippen LogP contribution >= 0.6 is 11.6 Å². The number of hydrogen-bond acceptors (Lipinski definition) is 5. The summed E-state index contributed by atoms with van der Waals surface area (Å²) in [6.07, 6.45) is -0.266. The van der Waals surface area contributed by atoms with Gasteiger partial charge in [0.2, 0.25) is 0 Å². The summed E-state index contributed by atoms with van der Waals surface area (Å²) in [6.45, 7) is 1.89. The van der Waals surface area contributed by atoms with Crippen LogP contribution < -0.4 is 14.8 Å². The van der Waals surface area contributed by atoms with E-state index in [2.05, 4.69) is 5.32 Å². The first kappa shape index (κ1) is 20.6. The number of amides is 1. The highest BCUT2D eigenvalue weighted by molar-refractivity contribution is 6.30. The third kappa shape index (κ3) is 7.19. The normalized spacial score (nSPS) is 11.4.